The molecule has 1 saturated carbocycles. The second-order valence-electron chi connectivity index (χ2n) is 5.07. The lowest BCUT2D eigenvalue weighted by Crippen LogP contribution is -2.06. The highest BCUT2D eigenvalue weighted by molar-refractivity contribution is 5.17. The predicted molar refractivity (Wildman–Crippen MR) is 84.8 cm³/mol. The maximum absolute atomic E-state index is 4.08. The highest BCUT2D eigenvalue weighted by atomic mass is 14.2. The van der Waals surface area contributed by atoms with Crippen LogP contribution in [0.3, 0.4) is 0 Å². The van der Waals surface area contributed by atoms with Crippen molar-refractivity contribution in [1.29, 1.82) is 0 Å². The number of hydrogen-bond donors (Lipinski definition) is 0. The molecule has 0 aromatic heterocycles. The van der Waals surface area contributed by atoms with Gasteiger partial charge in [-0.1, -0.05) is 74.8 Å². The van der Waals surface area contributed by atoms with Crippen LogP contribution in [0.25, 0.3) is 0 Å². The molecule has 0 spiro atoms. The van der Waals surface area contributed by atoms with Gasteiger partial charge in [-0.2, -0.15) is 0 Å². The third-order valence-electron chi connectivity index (χ3n) is 3.15. The first-order valence-electron chi connectivity index (χ1n) is 7.25. The zero-order valence-electron chi connectivity index (χ0n) is 12.5. The fourth-order valence-corrected chi connectivity index (χ4v) is 2.14. The monoisotopic (exact) mass is 246 g/mol. The maximum Gasteiger partial charge on any atom is -0.0168 e. The van der Waals surface area contributed by atoms with E-state index in [9.17, 15) is 0 Å². The van der Waals surface area contributed by atoms with Crippen LogP contribution in [0, 0.1) is 5.92 Å². The minimum Gasteiger partial charge on any atom is -0.0961 e. The Bertz CT molecular complexity index is 285. The maximum atomic E-state index is 4.08. The van der Waals surface area contributed by atoms with E-state index in [-0.39, 0.29) is 0 Å². The molecule has 0 bridgehead atoms. The average Bonchev–Trinajstić information content (AvgIpc) is 2.38. The summed E-state index contributed by atoms with van der Waals surface area (Å²) in [7, 11) is 0. The molecule has 0 radical (unpaired) electrons. The van der Waals surface area contributed by atoms with Crippen LogP contribution in [0.2, 0.25) is 0 Å². The van der Waals surface area contributed by atoms with E-state index < -0.39 is 0 Å². The molecule has 102 valence electrons. The van der Waals surface area contributed by atoms with Crippen LogP contribution in [-0.2, 0) is 0 Å². The molecular weight excluding hydrogens is 216 g/mol. The molecule has 1 fully saturated rings. The van der Waals surface area contributed by atoms with E-state index in [1.54, 1.807) is 0 Å². The molecule has 0 heterocycles. The van der Waals surface area contributed by atoms with Crippen molar-refractivity contribution in [2.24, 2.45) is 5.92 Å². The molecule has 0 amide bonds. The van der Waals surface area contributed by atoms with Crippen molar-refractivity contribution in [3.63, 3.8) is 0 Å². The van der Waals surface area contributed by atoms with Crippen LogP contribution < -0.4 is 0 Å². The lowest BCUT2D eigenvalue weighted by atomic mass is 9.84. The zero-order valence-corrected chi connectivity index (χ0v) is 12.5. The van der Waals surface area contributed by atoms with Crippen molar-refractivity contribution in [2.75, 3.05) is 0 Å². The van der Waals surface area contributed by atoms with Crippen LogP contribution >= 0.6 is 0 Å². The van der Waals surface area contributed by atoms with E-state index in [1.165, 1.54) is 37.7 Å². The minimum absolute atomic E-state index is 0.792. The van der Waals surface area contributed by atoms with Crippen LogP contribution in [0.5, 0.6) is 0 Å². The van der Waals surface area contributed by atoms with Gasteiger partial charge in [-0.3, -0.25) is 0 Å². The Morgan fingerprint density at radius 3 is 2.11 bits per heavy atom. The summed E-state index contributed by atoms with van der Waals surface area (Å²) in [5, 5.41) is 0. The van der Waals surface area contributed by atoms with Crippen molar-refractivity contribution in [3.8, 4) is 0 Å². The molecule has 0 heteroatoms. The summed E-state index contributed by atoms with van der Waals surface area (Å²) in [6, 6.07) is 0. The van der Waals surface area contributed by atoms with Gasteiger partial charge in [-0.25, -0.2) is 0 Å². The SMILES string of the molecule is C=C(/C=C\C)C1CCCCC1.C=C(C)/C=C/CC. The van der Waals surface area contributed by atoms with Crippen molar-refractivity contribution in [2.45, 2.75) is 59.3 Å². The standard InChI is InChI=1S/C11H18.C7H12/c1-3-7-10(2)11-8-5-4-6-9-11;1-4-5-6-7(2)3/h3,7,11H,2,4-6,8-9H2,1H3;5-6H,2,4H2,1,3H3/b7-3-;6-5+. The predicted octanol–water partition coefficient (Wildman–Crippen LogP) is 6.23. The Balaban J connectivity index is 0.000000360. The number of rotatable bonds is 4. The highest BCUT2D eigenvalue weighted by Gasteiger charge is 2.13. The molecule has 0 N–H and O–H groups in total. The minimum atomic E-state index is 0.792. The fourth-order valence-electron chi connectivity index (χ4n) is 2.14. The molecule has 0 aromatic carbocycles. The van der Waals surface area contributed by atoms with Gasteiger partial charge in [0.25, 0.3) is 0 Å². The van der Waals surface area contributed by atoms with E-state index >= 15 is 0 Å². The Morgan fingerprint density at radius 1 is 1.11 bits per heavy atom. The quantitative estimate of drug-likeness (QED) is 0.516. The van der Waals surface area contributed by atoms with E-state index in [0.717, 1.165) is 17.9 Å². The van der Waals surface area contributed by atoms with Crippen LogP contribution in [-0.4, -0.2) is 0 Å². The molecule has 0 aliphatic heterocycles. The van der Waals surface area contributed by atoms with Crippen molar-refractivity contribution in [1.82, 2.24) is 0 Å². The summed E-state index contributed by atoms with van der Waals surface area (Å²) in [6.07, 6.45) is 16.5. The topological polar surface area (TPSA) is 0 Å². The summed E-state index contributed by atoms with van der Waals surface area (Å²) in [5.74, 6) is 0.792. The fraction of sp³-hybridized carbons (Fsp3) is 0.556. The third kappa shape index (κ3) is 9.04. The van der Waals surface area contributed by atoms with Gasteiger partial charge in [0, 0.05) is 0 Å². The molecule has 0 aromatic rings. The lowest BCUT2D eigenvalue weighted by Gasteiger charge is -2.21. The van der Waals surface area contributed by atoms with E-state index in [2.05, 4.69) is 45.2 Å². The van der Waals surface area contributed by atoms with Gasteiger partial charge in [-0.15, -0.1) is 0 Å². The van der Waals surface area contributed by atoms with E-state index in [0.29, 0.717) is 0 Å². The lowest BCUT2D eigenvalue weighted by molar-refractivity contribution is 0.409. The van der Waals surface area contributed by atoms with E-state index in [1.807, 2.05) is 13.0 Å². The summed E-state index contributed by atoms with van der Waals surface area (Å²) >= 11 is 0. The molecule has 1 aliphatic carbocycles. The van der Waals surface area contributed by atoms with Crippen LogP contribution in [0.1, 0.15) is 59.3 Å². The van der Waals surface area contributed by atoms with Gasteiger partial charge in [0.2, 0.25) is 0 Å². The average molecular weight is 246 g/mol. The van der Waals surface area contributed by atoms with Gasteiger partial charge >= 0.3 is 0 Å². The van der Waals surface area contributed by atoms with Crippen molar-refractivity contribution >= 4 is 0 Å². The number of hydrogen-bond acceptors (Lipinski definition) is 0. The molecule has 1 aliphatic rings. The zero-order chi connectivity index (χ0) is 13.8. The molecule has 1 rings (SSSR count). The summed E-state index contributed by atoms with van der Waals surface area (Å²) in [4.78, 5) is 0. The summed E-state index contributed by atoms with van der Waals surface area (Å²) in [5.41, 5.74) is 2.47. The first-order valence-corrected chi connectivity index (χ1v) is 7.25. The number of allylic oxidation sites excluding steroid dienone is 6. The van der Waals surface area contributed by atoms with Gasteiger partial charge in [-0.05, 0) is 39.0 Å². The Hall–Kier alpha value is -1.04. The Morgan fingerprint density at radius 2 is 1.72 bits per heavy atom. The summed E-state index contributed by atoms with van der Waals surface area (Å²) in [6.45, 7) is 14.0. The Labute approximate surface area is 114 Å². The largest absolute Gasteiger partial charge is 0.0961 e. The summed E-state index contributed by atoms with van der Waals surface area (Å²) < 4.78 is 0. The molecule has 18 heavy (non-hydrogen) atoms. The third-order valence-corrected chi connectivity index (χ3v) is 3.15. The molecule has 0 atom stereocenters. The van der Waals surface area contributed by atoms with Gasteiger partial charge in [0.05, 0.1) is 0 Å². The van der Waals surface area contributed by atoms with Gasteiger partial charge in [0.1, 0.15) is 0 Å². The van der Waals surface area contributed by atoms with Gasteiger partial charge < -0.3 is 0 Å². The first-order chi connectivity index (χ1) is 8.61. The Kier molecular flexibility index (Phi) is 10.4. The molecule has 0 saturated heterocycles. The van der Waals surface area contributed by atoms with E-state index in [4.69, 9.17) is 0 Å². The van der Waals surface area contributed by atoms with Crippen LogP contribution in [0.15, 0.2) is 48.6 Å². The molecular formula is C18H30. The second kappa shape index (κ2) is 11.1. The van der Waals surface area contributed by atoms with Crippen molar-refractivity contribution < 1.29 is 0 Å². The normalized spacial score (nSPS) is 16.6. The molecule has 0 nitrogen and oxygen atoms in total. The van der Waals surface area contributed by atoms with Gasteiger partial charge in [0.15, 0.2) is 0 Å². The van der Waals surface area contributed by atoms with Crippen LogP contribution in [0.4, 0.5) is 0 Å². The first kappa shape index (κ1) is 17.0. The second-order valence-corrected chi connectivity index (χ2v) is 5.07. The smallest absolute Gasteiger partial charge is 0.0168 e. The molecule has 0 unspecified atom stereocenters. The van der Waals surface area contributed by atoms with Crippen molar-refractivity contribution in [3.05, 3.63) is 48.6 Å². The highest BCUT2D eigenvalue weighted by Crippen LogP contribution is 2.29.